The van der Waals surface area contributed by atoms with Crippen molar-refractivity contribution in [1.82, 2.24) is 0 Å². The molecule has 8 nitrogen and oxygen atoms in total. The maximum Gasteiger partial charge on any atom is 0.302 e. The molecule has 0 amide bonds. The first-order valence-electron chi connectivity index (χ1n) is 8.50. The third-order valence-corrected chi connectivity index (χ3v) is 3.45. The van der Waals surface area contributed by atoms with Gasteiger partial charge in [-0.2, -0.15) is 0 Å². The minimum Gasteiger partial charge on any atom is -0.463 e. The number of esters is 1. The van der Waals surface area contributed by atoms with Gasteiger partial charge in [-0.05, 0) is 18.4 Å². The van der Waals surface area contributed by atoms with E-state index in [0.717, 1.165) is 25.7 Å². The number of rotatable bonds is 15. The van der Waals surface area contributed by atoms with Crippen LogP contribution in [0.4, 0.5) is 0 Å². The quantitative estimate of drug-likeness (QED) is 0.149. The Balaban J connectivity index is 5.05. The van der Waals surface area contributed by atoms with Gasteiger partial charge in [-0.3, -0.25) is 4.79 Å². The number of ether oxygens (including phenoxy) is 4. The van der Waals surface area contributed by atoms with Crippen LogP contribution in [-0.2, 0) is 23.7 Å². The van der Waals surface area contributed by atoms with Crippen molar-refractivity contribution in [2.45, 2.75) is 64.8 Å². The molecule has 0 bridgehead atoms. The van der Waals surface area contributed by atoms with E-state index in [1.54, 1.807) is 0 Å². The zero-order valence-electron chi connectivity index (χ0n) is 15.3. The number of carbonyl (C=O) groups is 1. The second kappa shape index (κ2) is 15.2. The lowest BCUT2D eigenvalue weighted by Gasteiger charge is -2.32. The minimum absolute atomic E-state index is 0.0620. The summed E-state index contributed by atoms with van der Waals surface area (Å²) in [6.07, 6.45) is 2.35. The number of nitrogens with zero attached hydrogens (tertiary/aromatic N) is 3. The van der Waals surface area contributed by atoms with E-state index in [2.05, 4.69) is 23.9 Å². The van der Waals surface area contributed by atoms with Crippen LogP contribution in [0.15, 0.2) is 5.11 Å². The number of hydrogen-bond donors (Lipinski definition) is 0. The van der Waals surface area contributed by atoms with Gasteiger partial charge in [-0.25, -0.2) is 0 Å². The molecule has 0 rings (SSSR count). The molecule has 2 unspecified atom stereocenters. The lowest BCUT2D eigenvalue weighted by molar-refractivity contribution is -0.161. The molecule has 0 aromatic carbocycles. The summed E-state index contributed by atoms with van der Waals surface area (Å²) in [5.74, 6) is -0.386. The minimum atomic E-state index is -0.494. The molecule has 0 N–H and O–H groups in total. The number of methoxy groups -OCH3 is 1. The summed E-state index contributed by atoms with van der Waals surface area (Å²) in [6, 6.07) is 0. The summed E-state index contributed by atoms with van der Waals surface area (Å²) in [4.78, 5) is 13.9. The van der Waals surface area contributed by atoms with E-state index in [0.29, 0.717) is 13.2 Å². The molecule has 0 saturated carbocycles. The fourth-order valence-electron chi connectivity index (χ4n) is 2.06. The van der Waals surface area contributed by atoms with Crippen LogP contribution in [0, 0.1) is 0 Å². The second-order valence-corrected chi connectivity index (χ2v) is 5.44. The first kappa shape index (κ1) is 22.7. The monoisotopic (exact) mass is 345 g/mol. The number of unbranched alkanes of at least 4 members (excludes halogenated alkanes) is 2. The lowest BCUT2D eigenvalue weighted by Crippen LogP contribution is -2.46. The van der Waals surface area contributed by atoms with Crippen molar-refractivity contribution in [2.24, 2.45) is 5.11 Å². The number of hydrogen-bond acceptors (Lipinski definition) is 6. The van der Waals surface area contributed by atoms with Gasteiger partial charge in [0.1, 0.15) is 18.8 Å². The van der Waals surface area contributed by atoms with Crippen LogP contribution < -0.4 is 0 Å². The molecule has 0 aromatic rings. The van der Waals surface area contributed by atoms with Crippen molar-refractivity contribution in [2.75, 3.05) is 33.5 Å². The van der Waals surface area contributed by atoms with Gasteiger partial charge in [0.05, 0.1) is 12.6 Å². The molecular formula is C16H31N3O5. The van der Waals surface area contributed by atoms with Gasteiger partial charge in [0.25, 0.3) is 0 Å². The van der Waals surface area contributed by atoms with Gasteiger partial charge in [0, 0.05) is 32.2 Å². The topological polar surface area (TPSA) is 103 Å². The molecule has 0 fully saturated rings. The number of azide groups is 1. The fourth-order valence-corrected chi connectivity index (χ4v) is 2.06. The molecule has 0 aliphatic carbocycles. The molecule has 0 spiro atoms. The summed E-state index contributed by atoms with van der Waals surface area (Å²) in [5.41, 5.74) is 8.62. The summed E-state index contributed by atoms with van der Waals surface area (Å²) in [6.45, 7) is 6.75. The normalized spacial score (nSPS) is 14.5. The van der Waals surface area contributed by atoms with Crippen molar-refractivity contribution >= 4 is 5.97 Å². The Morgan fingerprint density at radius 2 is 1.75 bits per heavy atom. The van der Waals surface area contributed by atoms with E-state index < -0.39 is 18.3 Å². The highest BCUT2D eigenvalue weighted by molar-refractivity contribution is 5.65. The molecule has 0 aliphatic heterocycles. The van der Waals surface area contributed by atoms with Gasteiger partial charge in [0.2, 0.25) is 0 Å². The predicted molar refractivity (Wildman–Crippen MR) is 90.7 cm³/mol. The molecule has 0 heterocycles. The summed E-state index contributed by atoms with van der Waals surface area (Å²) >= 11 is 0. The van der Waals surface area contributed by atoms with Crippen LogP contribution in [-0.4, -0.2) is 57.8 Å². The largest absolute Gasteiger partial charge is 0.463 e. The van der Waals surface area contributed by atoms with Crippen LogP contribution in [0.1, 0.15) is 46.5 Å². The van der Waals surface area contributed by atoms with Crippen molar-refractivity contribution < 1.29 is 23.7 Å². The molecule has 0 aliphatic rings. The van der Waals surface area contributed by atoms with E-state index in [4.69, 9.17) is 24.5 Å². The molecule has 0 saturated heterocycles. The molecule has 140 valence electrons. The Labute approximate surface area is 144 Å². The predicted octanol–water partition coefficient (Wildman–Crippen LogP) is 3.25. The van der Waals surface area contributed by atoms with Crippen molar-refractivity contribution in [3.8, 4) is 0 Å². The SMILES string of the molecule is CCCCOC(CN=[N+]=[N-])[C@H](OCCCC)C(COC(C)=O)OC. The van der Waals surface area contributed by atoms with Crippen LogP contribution in [0.5, 0.6) is 0 Å². The molecule has 0 radical (unpaired) electrons. The first-order chi connectivity index (χ1) is 11.6. The summed E-state index contributed by atoms with van der Waals surface area (Å²) in [7, 11) is 1.53. The van der Waals surface area contributed by atoms with E-state index in [1.807, 2.05) is 0 Å². The Bertz CT molecular complexity index is 375. The molecular weight excluding hydrogens is 314 g/mol. The average molecular weight is 345 g/mol. The van der Waals surface area contributed by atoms with Gasteiger partial charge in [0.15, 0.2) is 0 Å². The van der Waals surface area contributed by atoms with Crippen LogP contribution >= 0.6 is 0 Å². The van der Waals surface area contributed by atoms with Crippen LogP contribution in [0.2, 0.25) is 0 Å². The third kappa shape index (κ3) is 10.4. The maximum atomic E-state index is 11.1. The Morgan fingerprint density at radius 3 is 2.25 bits per heavy atom. The Morgan fingerprint density at radius 1 is 1.12 bits per heavy atom. The van der Waals surface area contributed by atoms with E-state index in [-0.39, 0.29) is 19.1 Å². The smallest absolute Gasteiger partial charge is 0.302 e. The Kier molecular flexibility index (Phi) is 14.4. The second-order valence-electron chi connectivity index (χ2n) is 5.44. The summed E-state index contributed by atoms with van der Waals surface area (Å²) in [5, 5.41) is 3.62. The highest BCUT2D eigenvalue weighted by Crippen LogP contribution is 2.15. The number of carbonyl (C=O) groups excluding carboxylic acids is 1. The highest BCUT2D eigenvalue weighted by Gasteiger charge is 2.32. The molecule has 3 atom stereocenters. The molecule has 0 aromatic heterocycles. The lowest BCUT2D eigenvalue weighted by atomic mass is 10.1. The molecule has 24 heavy (non-hydrogen) atoms. The zero-order chi connectivity index (χ0) is 18.2. The van der Waals surface area contributed by atoms with Gasteiger partial charge < -0.3 is 18.9 Å². The van der Waals surface area contributed by atoms with Gasteiger partial charge in [-0.1, -0.05) is 31.8 Å². The third-order valence-electron chi connectivity index (χ3n) is 3.45. The molecule has 8 heteroatoms. The van der Waals surface area contributed by atoms with Gasteiger partial charge in [-0.15, -0.1) is 0 Å². The van der Waals surface area contributed by atoms with Crippen LogP contribution in [0.25, 0.3) is 10.4 Å². The zero-order valence-corrected chi connectivity index (χ0v) is 15.3. The van der Waals surface area contributed by atoms with Crippen LogP contribution in [0.3, 0.4) is 0 Å². The van der Waals surface area contributed by atoms with Crippen molar-refractivity contribution in [1.29, 1.82) is 0 Å². The summed E-state index contributed by atoms with van der Waals surface area (Å²) < 4.78 is 22.3. The maximum absolute atomic E-state index is 11.1. The van der Waals surface area contributed by atoms with E-state index >= 15 is 0 Å². The average Bonchev–Trinajstić information content (AvgIpc) is 2.57. The Hall–Kier alpha value is -1.34. The standard InChI is InChI=1S/C16H31N3O5/c1-5-7-9-22-14(11-18-19-17)16(23-10-8-6-2)15(21-4)12-24-13(3)20/h14-16H,5-12H2,1-4H3/t14?,15?,16-/m0/s1. The van der Waals surface area contributed by atoms with E-state index in [9.17, 15) is 4.79 Å². The first-order valence-corrected chi connectivity index (χ1v) is 8.50. The highest BCUT2D eigenvalue weighted by atomic mass is 16.6. The van der Waals surface area contributed by atoms with Gasteiger partial charge >= 0.3 is 5.97 Å². The fraction of sp³-hybridized carbons (Fsp3) is 0.938. The van der Waals surface area contributed by atoms with E-state index in [1.165, 1.54) is 14.0 Å². The van der Waals surface area contributed by atoms with Crippen molar-refractivity contribution in [3.05, 3.63) is 10.4 Å². The van der Waals surface area contributed by atoms with Crippen molar-refractivity contribution in [3.63, 3.8) is 0 Å².